The number of nitrogens with one attached hydrogen (secondary N) is 1. The van der Waals surface area contributed by atoms with Crippen molar-refractivity contribution >= 4 is 17.8 Å². The second-order valence-electron chi connectivity index (χ2n) is 15.0. The van der Waals surface area contributed by atoms with Gasteiger partial charge in [0, 0.05) is 43.8 Å². The molecule has 1 aromatic carbocycles. The second-order valence-corrected chi connectivity index (χ2v) is 15.0. The third kappa shape index (κ3) is 9.70. The Morgan fingerprint density at radius 3 is 2.31 bits per heavy atom. The van der Waals surface area contributed by atoms with E-state index in [0.717, 1.165) is 55.6 Å². The number of carbonyl (C=O) groups is 2. The standard InChI is InChI=1S/C42H57N3O7/c1-41(2,3)31-13-11-30(12-14-31)39(47)43-38-24-26-45(40(48)44-38)25-23-37(51-28-27-46)29-52-42(32-9-7-6-8-10-32,33-15-19-35(49-4)20-16-33)34-17-21-36(50-5)22-18-34/h6-11,13,15,19,21,34,37,46H,12,14,16-18,20,22-29H2,1-5H3,(H,43,44,47,48)/t34?,37-,42?/m0/s1. The first-order valence-corrected chi connectivity index (χ1v) is 18.7. The zero-order chi connectivity index (χ0) is 37.1. The fourth-order valence-corrected chi connectivity index (χ4v) is 7.62. The van der Waals surface area contributed by atoms with E-state index in [9.17, 15) is 14.7 Å². The minimum atomic E-state index is -0.732. The summed E-state index contributed by atoms with van der Waals surface area (Å²) in [5, 5.41) is 12.6. The van der Waals surface area contributed by atoms with E-state index in [1.165, 1.54) is 11.1 Å². The number of rotatable bonds is 15. The SMILES string of the molecule is COC1=CC=C(C(OC[C@H](CCN2CCC(NC(=O)C3=CC=C(C(C)(C)C)CC3)=NC2=O)OCCO)(c2ccccc2)C2CC=C(OC)CC2)CC1. The molecule has 2 N–H and O–H groups in total. The summed E-state index contributed by atoms with van der Waals surface area (Å²) in [6.45, 7) is 7.66. The number of allylic oxidation sites excluding steroid dienone is 8. The van der Waals surface area contributed by atoms with Crippen LogP contribution in [0.1, 0.15) is 84.1 Å². The lowest BCUT2D eigenvalue weighted by molar-refractivity contribution is -0.118. The highest BCUT2D eigenvalue weighted by atomic mass is 16.5. The number of hydrogen-bond donors (Lipinski definition) is 2. The topological polar surface area (TPSA) is 119 Å². The van der Waals surface area contributed by atoms with E-state index in [-0.39, 0.29) is 49.2 Å². The summed E-state index contributed by atoms with van der Waals surface area (Å²) < 4.78 is 24.5. The smallest absolute Gasteiger partial charge is 0.345 e. The number of amides is 3. The number of hydrogen-bond acceptors (Lipinski definition) is 7. The van der Waals surface area contributed by atoms with Crippen molar-refractivity contribution in [3.63, 3.8) is 0 Å². The lowest BCUT2D eigenvalue weighted by Crippen LogP contribution is -2.45. The molecule has 0 aromatic heterocycles. The van der Waals surface area contributed by atoms with Gasteiger partial charge in [-0.1, -0.05) is 74.9 Å². The van der Waals surface area contributed by atoms with Crippen molar-refractivity contribution in [1.82, 2.24) is 10.2 Å². The number of urea groups is 1. The number of nitrogens with zero attached hydrogens (tertiary/aromatic N) is 2. The minimum Gasteiger partial charge on any atom is -0.501 e. The number of aliphatic imine (C=N–C) groups is 1. The lowest BCUT2D eigenvalue weighted by atomic mass is 9.68. The molecule has 4 aliphatic rings. The van der Waals surface area contributed by atoms with Gasteiger partial charge in [-0.15, -0.1) is 0 Å². The van der Waals surface area contributed by atoms with Gasteiger partial charge in [0.1, 0.15) is 11.4 Å². The molecule has 1 aliphatic heterocycles. The van der Waals surface area contributed by atoms with Gasteiger partial charge in [0.05, 0.1) is 51.7 Å². The Balaban J connectivity index is 1.29. The Kier molecular flexibility index (Phi) is 13.7. The molecule has 0 bridgehead atoms. The van der Waals surface area contributed by atoms with Gasteiger partial charge in [-0.3, -0.25) is 4.79 Å². The van der Waals surface area contributed by atoms with Crippen molar-refractivity contribution in [1.29, 1.82) is 0 Å². The predicted molar refractivity (Wildman–Crippen MR) is 202 cm³/mol. The van der Waals surface area contributed by atoms with E-state index in [0.29, 0.717) is 43.8 Å². The Bertz CT molecular complexity index is 1600. The van der Waals surface area contributed by atoms with Gasteiger partial charge in [0.25, 0.3) is 5.91 Å². The van der Waals surface area contributed by atoms with Gasteiger partial charge in [-0.05, 0) is 67.2 Å². The molecule has 1 aromatic rings. The molecular formula is C42H57N3O7. The van der Waals surface area contributed by atoms with E-state index >= 15 is 0 Å². The fraction of sp³-hybridized carbons (Fsp3) is 0.548. The first kappa shape index (κ1) is 39.2. The first-order chi connectivity index (χ1) is 25.1. The number of methoxy groups -OCH3 is 2. The van der Waals surface area contributed by atoms with Crippen molar-refractivity contribution < 1.29 is 33.6 Å². The van der Waals surface area contributed by atoms with E-state index in [4.69, 9.17) is 18.9 Å². The first-order valence-electron chi connectivity index (χ1n) is 18.7. The zero-order valence-electron chi connectivity index (χ0n) is 31.6. The Hall–Kier alpha value is -3.99. The van der Waals surface area contributed by atoms with Gasteiger partial charge < -0.3 is 34.3 Å². The molecule has 1 heterocycles. The zero-order valence-corrected chi connectivity index (χ0v) is 31.6. The molecule has 0 saturated carbocycles. The summed E-state index contributed by atoms with van der Waals surface area (Å²) in [7, 11) is 3.43. The molecule has 52 heavy (non-hydrogen) atoms. The maximum Gasteiger partial charge on any atom is 0.345 e. The van der Waals surface area contributed by atoms with Crippen LogP contribution in [0, 0.1) is 11.3 Å². The fourth-order valence-electron chi connectivity index (χ4n) is 7.62. The third-order valence-electron chi connectivity index (χ3n) is 10.7. The average molecular weight is 716 g/mol. The van der Waals surface area contributed by atoms with Crippen LogP contribution in [-0.4, -0.2) is 81.0 Å². The molecule has 10 nitrogen and oxygen atoms in total. The molecule has 0 radical (unpaired) electrons. The predicted octanol–water partition coefficient (Wildman–Crippen LogP) is 7.28. The minimum absolute atomic E-state index is 0.0714. The molecule has 10 heteroatoms. The highest BCUT2D eigenvalue weighted by molar-refractivity contribution is 6.09. The summed E-state index contributed by atoms with van der Waals surface area (Å²) >= 11 is 0. The van der Waals surface area contributed by atoms with Gasteiger partial charge in [-0.2, -0.15) is 4.99 Å². The van der Waals surface area contributed by atoms with Crippen LogP contribution in [0.4, 0.5) is 4.79 Å². The summed E-state index contributed by atoms with van der Waals surface area (Å²) in [4.78, 5) is 32.1. The largest absolute Gasteiger partial charge is 0.501 e. The number of ether oxygens (including phenoxy) is 4. The normalized spacial score (nSPS) is 21.4. The second kappa shape index (κ2) is 18.2. The van der Waals surface area contributed by atoms with E-state index < -0.39 is 5.60 Å². The van der Waals surface area contributed by atoms with Gasteiger partial charge >= 0.3 is 6.03 Å². The quantitative estimate of drug-likeness (QED) is 0.196. The van der Waals surface area contributed by atoms with E-state index in [1.54, 1.807) is 19.1 Å². The Morgan fingerprint density at radius 1 is 0.962 bits per heavy atom. The molecule has 3 amide bonds. The summed E-state index contributed by atoms with van der Waals surface area (Å²) in [6.07, 6.45) is 16.5. The van der Waals surface area contributed by atoms with Crippen LogP contribution in [-0.2, 0) is 29.3 Å². The van der Waals surface area contributed by atoms with Crippen molar-refractivity contribution in [2.45, 2.75) is 90.3 Å². The number of aliphatic hydroxyl groups excluding tert-OH is 1. The third-order valence-corrected chi connectivity index (χ3v) is 10.7. The summed E-state index contributed by atoms with van der Waals surface area (Å²) in [6, 6.07) is 10.0. The van der Waals surface area contributed by atoms with Crippen LogP contribution in [0.3, 0.4) is 0 Å². The van der Waals surface area contributed by atoms with Crippen LogP contribution in [0.2, 0.25) is 0 Å². The van der Waals surface area contributed by atoms with Crippen molar-refractivity contribution in [2.24, 2.45) is 16.3 Å². The Morgan fingerprint density at radius 2 is 1.71 bits per heavy atom. The molecular weight excluding hydrogens is 658 g/mol. The van der Waals surface area contributed by atoms with Crippen molar-refractivity contribution in [3.8, 4) is 0 Å². The molecule has 3 aliphatic carbocycles. The van der Waals surface area contributed by atoms with Crippen LogP contribution in [0.15, 0.2) is 93.9 Å². The summed E-state index contributed by atoms with van der Waals surface area (Å²) in [5.74, 6) is 2.27. The van der Waals surface area contributed by atoms with Crippen molar-refractivity contribution in [3.05, 3.63) is 94.5 Å². The Labute approximate surface area is 309 Å². The van der Waals surface area contributed by atoms with E-state index in [2.05, 4.69) is 67.5 Å². The maximum absolute atomic E-state index is 13.2. The number of carbonyl (C=O) groups excluding carboxylic acids is 2. The van der Waals surface area contributed by atoms with E-state index in [1.807, 2.05) is 24.3 Å². The average Bonchev–Trinajstić information content (AvgIpc) is 3.17. The maximum atomic E-state index is 13.2. The molecule has 0 spiro atoms. The van der Waals surface area contributed by atoms with Gasteiger partial charge in [0.15, 0.2) is 0 Å². The highest BCUT2D eigenvalue weighted by Gasteiger charge is 2.46. The summed E-state index contributed by atoms with van der Waals surface area (Å²) in [5.41, 5.74) is 3.62. The molecule has 3 atom stereocenters. The van der Waals surface area contributed by atoms with Crippen LogP contribution >= 0.6 is 0 Å². The van der Waals surface area contributed by atoms with Gasteiger partial charge in [-0.25, -0.2) is 4.79 Å². The molecule has 5 rings (SSSR count). The van der Waals surface area contributed by atoms with Gasteiger partial charge in [0.2, 0.25) is 0 Å². The lowest BCUT2D eigenvalue weighted by Gasteiger charge is -2.45. The molecule has 282 valence electrons. The molecule has 2 unspecified atom stereocenters. The monoisotopic (exact) mass is 715 g/mol. The van der Waals surface area contributed by atoms with Crippen LogP contribution in [0.5, 0.6) is 0 Å². The number of aliphatic hydroxyl groups is 1. The molecule has 0 saturated heterocycles. The number of amidine groups is 1. The number of benzene rings is 1. The van der Waals surface area contributed by atoms with Crippen LogP contribution < -0.4 is 5.32 Å². The van der Waals surface area contributed by atoms with Crippen molar-refractivity contribution in [2.75, 3.05) is 47.1 Å². The highest BCUT2D eigenvalue weighted by Crippen LogP contribution is 2.49. The van der Waals surface area contributed by atoms with Crippen LogP contribution in [0.25, 0.3) is 0 Å². The molecule has 0 fully saturated rings.